The van der Waals surface area contributed by atoms with Crippen molar-refractivity contribution in [1.29, 1.82) is 0 Å². The van der Waals surface area contributed by atoms with Crippen molar-refractivity contribution < 1.29 is 19.0 Å². The minimum Gasteiger partial charge on any atom is -0.489 e. The molecule has 3 aliphatic rings. The van der Waals surface area contributed by atoms with Crippen LogP contribution >= 0.6 is 11.6 Å². The van der Waals surface area contributed by atoms with E-state index >= 15 is 0 Å². The number of benzene rings is 1. The van der Waals surface area contributed by atoms with Crippen molar-refractivity contribution in [2.45, 2.75) is 70.5 Å². The second-order valence-electron chi connectivity index (χ2n) is 9.96. The molecule has 0 spiro atoms. The first kappa shape index (κ1) is 22.7. The average molecular weight is 500 g/mol. The van der Waals surface area contributed by atoms with Gasteiger partial charge in [0.15, 0.2) is 5.65 Å². The minimum absolute atomic E-state index is 0.0179. The number of hydrogen-bond donors (Lipinski definition) is 1. The molecule has 1 aromatic carbocycles. The van der Waals surface area contributed by atoms with Gasteiger partial charge in [0.05, 0.1) is 46.9 Å². The van der Waals surface area contributed by atoms with Crippen molar-refractivity contribution in [1.82, 2.24) is 24.4 Å². The van der Waals surface area contributed by atoms with Gasteiger partial charge in [-0.1, -0.05) is 11.6 Å². The molecule has 0 radical (unpaired) electrons. The molecular weight excluding hydrogens is 473 g/mol. The molecule has 2 fully saturated rings. The van der Waals surface area contributed by atoms with E-state index in [1.807, 2.05) is 20.9 Å². The lowest BCUT2D eigenvalue weighted by Crippen LogP contribution is -2.46. The Morgan fingerprint density at radius 2 is 2.03 bits per heavy atom. The largest absolute Gasteiger partial charge is 0.489 e. The molecule has 2 bridgehead atoms. The zero-order chi connectivity index (χ0) is 24.6. The molecule has 8 nitrogen and oxygen atoms in total. The Bertz CT molecular complexity index is 1360. The standard InChI is InChI=1S/C25H27ClFN5O3/c1-12-23(26)13(2)32-24(28-12)18-10-31(11-19(18)29-32)25(34)17-5-4-14(27)6-22(17)35-16-7-15-8-21(33)20(9-16)30(15)3/h4-6,15-16,20-21,33H,7-11H2,1-3H3/t15-,16-,20+,21-/m0/s1. The van der Waals surface area contributed by atoms with Crippen molar-refractivity contribution in [2.75, 3.05) is 7.05 Å². The summed E-state index contributed by atoms with van der Waals surface area (Å²) in [5, 5.41) is 15.6. The maximum atomic E-state index is 14.2. The third-order valence-corrected chi connectivity index (χ3v) is 8.35. The van der Waals surface area contributed by atoms with Gasteiger partial charge in [0.25, 0.3) is 5.91 Å². The van der Waals surface area contributed by atoms with E-state index in [2.05, 4.69) is 15.0 Å². The van der Waals surface area contributed by atoms with Crippen LogP contribution in [0.15, 0.2) is 18.2 Å². The zero-order valence-electron chi connectivity index (χ0n) is 19.8. The topological polar surface area (TPSA) is 83.2 Å². The summed E-state index contributed by atoms with van der Waals surface area (Å²) >= 11 is 6.34. The van der Waals surface area contributed by atoms with Crippen LogP contribution in [-0.4, -0.2) is 66.8 Å². The number of fused-ring (bicyclic) bond motifs is 5. The Labute approximate surface area is 207 Å². The van der Waals surface area contributed by atoms with Gasteiger partial charge in [0.2, 0.25) is 0 Å². The molecular formula is C25H27ClFN5O3. The van der Waals surface area contributed by atoms with E-state index in [1.54, 1.807) is 9.42 Å². The number of hydrogen-bond acceptors (Lipinski definition) is 6. The van der Waals surface area contributed by atoms with Crippen LogP contribution in [-0.2, 0) is 13.1 Å². The fourth-order valence-electron chi connectivity index (χ4n) is 5.87. The summed E-state index contributed by atoms with van der Waals surface area (Å²) in [6.07, 6.45) is 1.50. The lowest BCUT2D eigenvalue weighted by Gasteiger charge is -2.36. The fraction of sp³-hybridized carbons (Fsp3) is 0.480. The van der Waals surface area contributed by atoms with Crippen LogP contribution in [0.2, 0.25) is 5.02 Å². The van der Waals surface area contributed by atoms with Crippen molar-refractivity contribution in [3.8, 4) is 5.75 Å². The van der Waals surface area contributed by atoms with Crippen LogP contribution < -0.4 is 4.74 Å². The number of carbonyl (C=O) groups excluding carboxylic acids is 1. The van der Waals surface area contributed by atoms with E-state index < -0.39 is 5.82 Å². The predicted octanol–water partition coefficient (Wildman–Crippen LogP) is 3.27. The van der Waals surface area contributed by atoms with Crippen molar-refractivity contribution in [2.24, 2.45) is 0 Å². The average Bonchev–Trinajstić information content (AvgIpc) is 3.41. The van der Waals surface area contributed by atoms with Crippen molar-refractivity contribution >= 4 is 23.2 Å². The number of likely N-dealkylation sites (N-methyl/N-ethyl adjacent to an activating group) is 1. The normalized spacial score (nSPS) is 25.9. The minimum atomic E-state index is -0.457. The molecule has 2 saturated heterocycles. The number of ether oxygens (including phenoxy) is 1. The smallest absolute Gasteiger partial charge is 0.258 e. The lowest BCUT2D eigenvalue weighted by atomic mass is 10.00. The molecule has 6 rings (SSSR count). The van der Waals surface area contributed by atoms with Gasteiger partial charge >= 0.3 is 0 Å². The predicted molar refractivity (Wildman–Crippen MR) is 127 cm³/mol. The first-order valence-corrected chi connectivity index (χ1v) is 12.3. The van der Waals surface area contributed by atoms with Gasteiger partial charge in [-0.05, 0) is 45.9 Å². The number of nitrogens with zero attached hydrogens (tertiary/aromatic N) is 5. The molecule has 1 amide bonds. The summed E-state index contributed by atoms with van der Waals surface area (Å²) < 4.78 is 22.2. The number of aliphatic hydroxyl groups is 1. The summed E-state index contributed by atoms with van der Waals surface area (Å²) in [6.45, 7) is 4.43. The number of carbonyl (C=O) groups is 1. The fourth-order valence-corrected chi connectivity index (χ4v) is 5.99. The number of rotatable bonds is 3. The Morgan fingerprint density at radius 3 is 2.80 bits per heavy atom. The van der Waals surface area contributed by atoms with E-state index in [0.717, 1.165) is 29.1 Å². The number of piperidine rings is 1. The highest BCUT2D eigenvalue weighted by Crippen LogP contribution is 2.38. The summed E-state index contributed by atoms with van der Waals surface area (Å²) in [7, 11) is 2.02. The van der Waals surface area contributed by atoms with Crippen LogP contribution in [0.3, 0.4) is 0 Å². The Balaban J connectivity index is 1.26. The van der Waals surface area contributed by atoms with Gasteiger partial charge in [-0.3, -0.25) is 9.69 Å². The Morgan fingerprint density at radius 1 is 1.23 bits per heavy atom. The van der Waals surface area contributed by atoms with Gasteiger partial charge in [0.1, 0.15) is 17.7 Å². The zero-order valence-corrected chi connectivity index (χ0v) is 20.6. The van der Waals surface area contributed by atoms with E-state index in [1.165, 1.54) is 18.2 Å². The maximum Gasteiger partial charge on any atom is 0.258 e. The highest BCUT2D eigenvalue weighted by molar-refractivity contribution is 6.31. The van der Waals surface area contributed by atoms with Crippen LogP contribution in [0, 0.1) is 19.7 Å². The first-order valence-electron chi connectivity index (χ1n) is 11.9. The molecule has 10 heteroatoms. The quantitative estimate of drug-likeness (QED) is 0.595. The molecule has 4 atom stereocenters. The molecule has 3 aromatic rings. The molecule has 0 unspecified atom stereocenters. The van der Waals surface area contributed by atoms with Gasteiger partial charge in [-0.15, -0.1) is 0 Å². The van der Waals surface area contributed by atoms with Gasteiger partial charge in [0, 0.05) is 30.1 Å². The van der Waals surface area contributed by atoms with Crippen molar-refractivity contribution in [3.63, 3.8) is 0 Å². The maximum absolute atomic E-state index is 14.2. The number of aryl methyl sites for hydroxylation is 2. The van der Waals surface area contributed by atoms with Crippen LogP contribution in [0.1, 0.15) is 52.3 Å². The molecule has 2 aromatic heterocycles. The third-order valence-electron chi connectivity index (χ3n) is 7.81. The summed E-state index contributed by atoms with van der Waals surface area (Å²) in [5.41, 5.74) is 4.23. The molecule has 5 heterocycles. The highest BCUT2D eigenvalue weighted by Gasteiger charge is 2.45. The van der Waals surface area contributed by atoms with E-state index in [-0.39, 0.29) is 35.9 Å². The van der Waals surface area contributed by atoms with Crippen molar-refractivity contribution in [3.05, 3.63) is 57.2 Å². The van der Waals surface area contributed by atoms with Gasteiger partial charge < -0.3 is 14.7 Å². The second-order valence-corrected chi connectivity index (χ2v) is 10.3. The number of amides is 1. The van der Waals surface area contributed by atoms with Gasteiger partial charge in [-0.25, -0.2) is 13.9 Å². The SMILES string of the molecule is Cc1nc2c3c(nn2c(C)c1Cl)CN(C(=O)c1ccc(F)cc1O[C@H]1C[C@H]2C[C@H](O)[C@@H](C1)N2C)C3. The molecule has 184 valence electrons. The van der Waals surface area contributed by atoms with Crippen LogP contribution in [0.5, 0.6) is 5.75 Å². The van der Waals surface area contributed by atoms with E-state index in [4.69, 9.17) is 16.3 Å². The van der Waals surface area contributed by atoms with E-state index in [0.29, 0.717) is 42.2 Å². The monoisotopic (exact) mass is 499 g/mol. The third kappa shape index (κ3) is 3.59. The summed E-state index contributed by atoms with van der Waals surface area (Å²) in [4.78, 5) is 22.0. The molecule has 35 heavy (non-hydrogen) atoms. The number of halogens is 2. The Hall–Kier alpha value is -2.75. The number of aliphatic hydroxyl groups excluding tert-OH is 1. The number of aromatic nitrogens is 3. The highest BCUT2D eigenvalue weighted by atomic mass is 35.5. The van der Waals surface area contributed by atoms with E-state index in [9.17, 15) is 14.3 Å². The second kappa shape index (κ2) is 8.15. The van der Waals surface area contributed by atoms with Gasteiger partial charge in [-0.2, -0.15) is 5.10 Å². The molecule has 0 saturated carbocycles. The van der Waals surface area contributed by atoms with Crippen LogP contribution in [0.4, 0.5) is 4.39 Å². The molecule has 1 N–H and O–H groups in total. The summed E-state index contributed by atoms with van der Waals surface area (Å²) in [5.74, 6) is -0.454. The summed E-state index contributed by atoms with van der Waals surface area (Å²) in [6, 6.07) is 4.29. The molecule has 3 aliphatic heterocycles. The first-order chi connectivity index (χ1) is 16.7. The Kier molecular flexibility index (Phi) is 5.28. The van der Waals surface area contributed by atoms with Crippen LogP contribution in [0.25, 0.3) is 5.65 Å². The lowest BCUT2D eigenvalue weighted by molar-refractivity contribution is 0.0392. The molecule has 0 aliphatic carbocycles.